The summed E-state index contributed by atoms with van der Waals surface area (Å²) in [7, 11) is 0. The van der Waals surface area contributed by atoms with Gasteiger partial charge in [-0.05, 0) is 6.92 Å². The Morgan fingerprint density at radius 3 is 2.57 bits per heavy atom. The first-order chi connectivity index (χ1) is 3.31. The highest BCUT2D eigenvalue weighted by Crippen LogP contribution is 1.88. The zero-order valence-electron chi connectivity index (χ0n) is 4.52. The summed E-state index contributed by atoms with van der Waals surface area (Å²) < 4.78 is 0. The van der Waals surface area contributed by atoms with Crippen molar-refractivity contribution in [1.29, 1.82) is 0 Å². The molecule has 0 saturated carbocycles. The molecule has 0 aliphatic heterocycles. The predicted octanol–water partition coefficient (Wildman–Crippen LogP) is 1.11. The van der Waals surface area contributed by atoms with Crippen LogP contribution in [0, 0.1) is 0 Å². The lowest BCUT2D eigenvalue weighted by atomic mass is 10.3. The highest BCUT2D eigenvalue weighted by atomic mass is 16.2. The first-order valence-electron chi connectivity index (χ1n) is 2.21. The molecule has 0 rings (SSSR count). The van der Waals surface area contributed by atoms with Crippen LogP contribution in [0.25, 0.3) is 0 Å². The Kier molecular flexibility index (Phi) is 3.33. The molecule has 0 aromatic heterocycles. The van der Waals surface area contributed by atoms with Gasteiger partial charge in [0.15, 0.2) is 0 Å². The van der Waals surface area contributed by atoms with Crippen LogP contribution in [0.5, 0.6) is 0 Å². The smallest absolute Gasteiger partial charge is 0.0617 e. The Morgan fingerprint density at radius 2 is 2.43 bits per heavy atom. The van der Waals surface area contributed by atoms with Gasteiger partial charge in [-0.3, -0.25) is 0 Å². The number of rotatable bonds is 2. The van der Waals surface area contributed by atoms with E-state index in [1.807, 2.05) is 6.92 Å². The van der Waals surface area contributed by atoms with Crippen molar-refractivity contribution in [2.75, 3.05) is 6.61 Å². The third-order valence-electron chi connectivity index (χ3n) is 0.735. The van der Waals surface area contributed by atoms with Crippen LogP contribution in [0.2, 0.25) is 0 Å². The molecular weight excluding hydrogens is 88.1 g/mol. The number of hydrogen-bond acceptors (Lipinski definition) is 1. The van der Waals surface area contributed by atoms with Crippen molar-refractivity contribution in [3.05, 3.63) is 24.3 Å². The summed E-state index contributed by atoms with van der Waals surface area (Å²) in [4.78, 5) is 0. The van der Waals surface area contributed by atoms with E-state index >= 15 is 0 Å². The van der Waals surface area contributed by atoms with Crippen molar-refractivity contribution in [3.63, 3.8) is 0 Å². The van der Waals surface area contributed by atoms with Crippen LogP contribution in [-0.4, -0.2) is 11.7 Å². The minimum Gasteiger partial charge on any atom is -0.392 e. The van der Waals surface area contributed by atoms with Crippen LogP contribution in [-0.2, 0) is 0 Å². The average Bonchev–Trinajstić information content (AvgIpc) is 1.68. The molecule has 1 nitrogen and oxygen atoms in total. The molecule has 0 fully saturated rings. The van der Waals surface area contributed by atoms with Crippen molar-refractivity contribution in [1.82, 2.24) is 0 Å². The van der Waals surface area contributed by atoms with E-state index in [1.165, 1.54) is 0 Å². The molecule has 0 aromatic rings. The van der Waals surface area contributed by atoms with Crippen LogP contribution >= 0.6 is 0 Å². The Labute approximate surface area is 44.0 Å². The topological polar surface area (TPSA) is 20.2 Å². The summed E-state index contributed by atoms with van der Waals surface area (Å²) in [5.74, 6) is 0. The van der Waals surface area contributed by atoms with E-state index in [4.69, 9.17) is 5.11 Å². The molecule has 0 amide bonds. The van der Waals surface area contributed by atoms with Gasteiger partial charge in [0, 0.05) is 0 Å². The molecule has 0 radical (unpaired) electrons. The van der Waals surface area contributed by atoms with Crippen LogP contribution in [0.15, 0.2) is 24.3 Å². The maximum absolute atomic E-state index is 8.24. The first-order valence-corrected chi connectivity index (χ1v) is 2.21. The van der Waals surface area contributed by atoms with Gasteiger partial charge in [0.2, 0.25) is 0 Å². The monoisotopic (exact) mass is 98.1 g/mol. The van der Waals surface area contributed by atoms with E-state index < -0.39 is 0 Å². The normalized spacial score (nSPS) is 11.4. The van der Waals surface area contributed by atoms with Gasteiger partial charge >= 0.3 is 0 Å². The van der Waals surface area contributed by atoms with E-state index in [-0.39, 0.29) is 6.61 Å². The minimum absolute atomic E-state index is 0.109. The van der Waals surface area contributed by atoms with Crippen molar-refractivity contribution < 1.29 is 5.11 Å². The standard InChI is InChI=1S/C6H10O/c1-3-6(2)4-5-7/h3-4,7H,1,5H2,2H3/b6-4-. The number of aliphatic hydroxyl groups excluding tert-OH is 1. The van der Waals surface area contributed by atoms with Gasteiger partial charge < -0.3 is 5.11 Å². The summed E-state index contributed by atoms with van der Waals surface area (Å²) in [6.45, 7) is 5.50. The van der Waals surface area contributed by atoms with Crippen molar-refractivity contribution in [2.45, 2.75) is 6.92 Å². The highest BCUT2D eigenvalue weighted by molar-refractivity contribution is 5.12. The van der Waals surface area contributed by atoms with Gasteiger partial charge in [0.05, 0.1) is 6.61 Å². The fraction of sp³-hybridized carbons (Fsp3) is 0.333. The molecule has 0 unspecified atom stereocenters. The molecule has 0 spiro atoms. The highest BCUT2D eigenvalue weighted by Gasteiger charge is 1.72. The Bertz CT molecular complexity index is 82.2. The maximum atomic E-state index is 8.24. The first kappa shape index (κ1) is 6.44. The zero-order chi connectivity index (χ0) is 5.70. The largest absolute Gasteiger partial charge is 0.392 e. The molecule has 0 aliphatic rings. The summed E-state index contributed by atoms with van der Waals surface area (Å²) >= 11 is 0. The quantitative estimate of drug-likeness (QED) is 0.513. The Balaban J connectivity index is 3.49. The van der Waals surface area contributed by atoms with Crippen molar-refractivity contribution >= 4 is 0 Å². The molecule has 0 heterocycles. The van der Waals surface area contributed by atoms with E-state index in [1.54, 1.807) is 12.2 Å². The molecule has 0 bridgehead atoms. The molecule has 0 aliphatic carbocycles. The van der Waals surface area contributed by atoms with E-state index in [0.29, 0.717) is 0 Å². The van der Waals surface area contributed by atoms with E-state index in [2.05, 4.69) is 6.58 Å². The van der Waals surface area contributed by atoms with Gasteiger partial charge in [-0.2, -0.15) is 0 Å². The number of aliphatic hydroxyl groups is 1. The lowest BCUT2D eigenvalue weighted by Crippen LogP contribution is -1.73. The molecule has 1 heteroatoms. The Hall–Kier alpha value is -0.560. The van der Waals surface area contributed by atoms with Crippen LogP contribution in [0.4, 0.5) is 0 Å². The molecule has 0 atom stereocenters. The van der Waals surface area contributed by atoms with Crippen LogP contribution < -0.4 is 0 Å². The summed E-state index contributed by atoms with van der Waals surface area (Å²) in [5, 5.41) is 8.24. The van der Waals surface area contributed by atoms with E-state index in [9.17, 15) is 0 Å². The number of allylic oxidation sites excluding steroid dienone is 2. The van der Waals surface area contributed by atoms with Gasteiger partial charge in [-0.1, -0.05) is 24.3 Å². The summed E-state index contributed by atoms with van der Waals surface area (Å²) in [5.41, 5.74) is 1.02. The lowest BCUT2D eigenvalue weighted by Gasteiger charge is -1.83. The van der Waals surface area contributed by atoms with Crippen LogP contribution in [0.3, 0.4) is 0 Å². The van der Waals surface area contributed by atoms with Gasteiger partial charge in [-0.15, -0.1) is 0 Å². The fourth-order valence-electron chi connectivity index (χ4n) is 0.227. The summed E-state index contributed by atoms with van der Waals surface area (Å²) in [6.07, 6.45) is 3.41. The third kappa shape index (κ3) is 3.27. The zero-order valence-corrected chi connectivity index (χ0v) is 4.52. The van der Waals surface area contributed by atoms with Crippen LogP contribution in [0.1, 0.15) is 6.92 Å². The molecule has 0 aromatic carbocycles. The van der Waals surface area contributed by atoms with Crippen molar-refractivity contribution in [3.8, 4) is 0 Å². The number of hydrogen-bond donors (Lipinski definition) is 1. The molecule has 7 heavy (non-hydrogen) atoms. The van der Waals surface area contributed by atoms with Crippen molar-refractivity contribution in [2.24, 2.45) is 0 Å². The molecule has 0 saturated heterocycles. The second-order valence-electron chi connectivity index (χ2n) is 1.33. The SMILES string of the molecule is C=C/C(C)=C\CO. The second-order valence-corrected chi connectivity index (χ2v) is 1.33. The van der Waals surface area contributed by atoms with E-state index in [0.717, 1.165) is 5.57 Å². The Morgan fingerprint density at radius 1 is 1.86 bits per heavy atom. The molecule has 40 valence electrons. The molecule has 1 N–H and O–H groups in total. The minimum atomic E-state index is 0.109. The van der Waals surface area contributed by atoms with Gasteiger partial charge in [-0.25, -0.2) is 0 Å². The lowest BCUT2D eigenvalue weighted by molar-refractivity contribution is 0.342. The third-order valence-corrected chi connectivity index (χ3v) is 0.735. The van der Waals surface area contributed by atoms with Gasteiger partial charge in [0.1, 0.15) is 0 Å². The predicted molar refractivity (Wildman–Crippen MR) is 31.0 cm³/mol. The second kappa shape index (κ2) is 3.62. The fourth-order valence-corrected chi connectivity index (χ4v) is 0.227. The molecular formula is C6H10O. The average molecular weight is 98.1 g/mol. The maximum Gasteiger partial charge on any atom is 0.0617 e. The summed E-state index contributed by atoms with van der Waals surface area (Å²) in [6, 6.07) is 0. The van der Waals surface area contributed by atoms with Gasteiger partial charge in [0.25, 0.3) is 0 Å².